The highest BCUT2D eigenvalue weighted by Gasteiger charge is 2.41. The highest BCUT2D eigenvalue weighted by molar-refractivity contribution is 6.07. The number of nitrogens with zero attached hydrogens (tertiary/aromatic N) is 1. The molecule has 0 saturated heterocycles. The predicted octanol–water partition coefficient (Wildman–Crippen LogP) is 5.31. The number of benzene rings is 2. The van der Waals surface area contributed by atoms with Crippen molar-refractivity contribution in [1.29, 1.82) is 0 Å². The standard InChI is InChI=1S/C24H23NO2/c1-15-23-19(11-5-13-21(23)26)25(20-12-6-14-22(27)24(15)20)18-10-4-8-16-7-2-3-9-17(16)18/h2-4,7-10,15H,5-6,11-14H2,1H3. The number of rotatable bonds is 1. The number of carbonyl (C=O) groups is 2. The van der Waals surface area contributed by atoms with Gasteiger partial charge in [0.1, 0.15) is 0 Å². The van der Waals surface area contributed by atoms with Crippen molar-refractivity contribution in [1.82, 2.24) is 0 Å². The van der Waals surface area contributed by atoms with Crippen molar-refractivity contribution in [2.24, 2.45) is 5.92 Å². The van der Waals surface area contributed by atoms with Crippen LogP contribution in [-0.2, 0) is 9.59 Å². The molecule has 0 aromatic heterocycles. The third kappa shape index (κ3) is 2.41. The Labute approximate surface area is 159 Å². The van der Waals surface area contributed by atoms with Gasteiger partial charge in [0, 0.05) is 46.7 Å². The second kappa shape index (κ2) is 6.19. The lowest BCUT2D eigenvalue weighted by Crippen LogP contribution is -2.39. The molecule has 0 N–H and O–H groups in total. The first kappa shape index (κ1) is 16.5. The number of ketones is 2. The van der Waals surface area contributed by atoms with E-state index in [-0.39, 0.29) is 17.5 Å². The van der Waals surface area contributed by atoms with Crippen molar-refractivity contribution in [3.8, 4) is 0 Å². The Hall–Kier alpha value is -2.68. The van der Waals surface area contributed by atoms with Crippen molar-refractivity contribution in [3.63, 3.8) is 0 Å². The molecule has 0 spiro atoms. The Balaban J connectivity index is 1.81. The van der Waals surface area contributed by atoms with Crippen LogP contribution in [0.3, 0.4) is 0 Å². The SMILES string of the molecule is CC1C2=C(CCCC2=O)N(c2cccc3ccccc23)C2=C1C(=O)CCC2. The molecule has 0 unspecified atom stereocenters. The zero-order valence-corrected chi connectivity index (χ0v) is 15.6. The summed E-state index contributed by atoms with van der Waals surface area (Å²) in [5.41, 5.74) is 5.11. The molecule has 1 heterocycles. The smallest absolute Gasteiger partial charge is 0.161 e. The number of anilines is 1. The normalized spacial score (nSPS) is 21.0. The minimum absolute atomic E-state index is 0.0678. The lowest BCUT2D eigenvalue weighted by molar-refractivity contribution is -0.117. The molecule has 3 aliphatic rings. The van der Waals surface area contributed by atoms with E-state index in [1.54, 1.807) is 0 Å². The first-order valence-electron chi connectivity index (χ1n) is 9.97. The van der Waals surface area contributed by atoms with Gasteiger partial charge in [-0.15, -0.1) is 0 Å². The summed E-state index contributed by atoms with van der Waals surface area (Å²) in [4.78, 5) is 28.0. The molecule has 5 rings (SSSR count). The Morgan fingerprint density at radius 1 is 0.778 bits per heavy atom. The molecule has 0 atom stereocenters. The molecule has 0 radical (unpaired) electrons. The van der Waals surface area contributed by atoms with Gasteiger partial charge in [0.25, 0.3) is 0 Å². The van der Waals surface area contributed by atoms with Crippen LogP contribution in [0.15, 0.2) is 65.0 Å². The maximum absolute atomic E-state index is 12.8. The van der Waals surface area contributed by atoms with E-state index in [0.717, 1.165) is 53.9 Å². The van der Waals surface area contributed by atoms with Crippen LogP contribution in [0.4, 0.5) is 5.69 Å². The minimum atomic E-state index is -0.0678. The van der Waals surface area contributed by atoms with E-state index in [0.29, 0.717) is 12.8 Å². The molecule has 2 aromatic rings. The van der Waals surface area contributed by atoms with Crippen molar-refractivity contribution >= 4 is 28.0 Å². The highest BCUT2D eigenvalue weighted by atomic mass is 16.1. The van der Waals surface area contributed by atoms with Crippen LogP contribution in [0, 0.1) is 5.92 Å². The first-order valence-corrected chi connectivity index (χ1v) is 9.97. The number of allylic oxidation sites excluding steroid dienone is 4. The van der Waals surface area contributed by atoms with Gasteiger partial charge >= 0.3 is 0 Å². The zero-order valence-electron chi connectivity index (χ0n) is 15.6. The van der Waals surface area contributed by atoms with E-state index in [1.807, 2.05) is 6.07 Å². The van der Waals surface area contributed by atoms with Crippen LogP contribution in [0.2, 0.25) is 0 Å². The van der Waals surface area contributed by atoms with Gasteiger partial charge in [0.15, 0.2) is 11.6 Å². The van der Waals surface area contributed by atoms with Crippen molar-refractivity contribution < 1.29 is 9.59 Å². The third-order valence-electron chi connectivity index (χ3n) is 6.27. The monoisotopic (exact) mass is 357 g/mol. The highest BCUT2D eigenvalue weighted by Crippen LogP contribution is 2.47. The number of Topliss-reactive ketones (excluding diaryl/α,β-unsaturated/α-hetero) is 2. The van der Waals surface area contributed by atoms with E-state index < -0.39 is 0 Å². The number of hydrogen-bond acceptors (Lipinski definition) is 3. The molecule has 0 bridgehead atoms. The maximum atomic E-state index is 12.8. The summed E-state index contributed by atoms with van der Waals surface area (Å²) < 4.78 is 0. The van der Waals surface area contributed by atoms with Crippen LogP contribution in [-0.4, -0.2) is 11.6 Å². The van der Waals surface area contributed by atoms with Gasteiger partial charge in [-0.25, -0.2) is 0 Å². The molecule has 1 aliphatic heterocycles. The van der Waals surface area contributed by atoms with Crippen molar-refractivity contribution in [3.05, 3.63) is 65.0 Å². The van der Waals surface area contributed by atoms with Gasteiger partial charge in [-0.1, -0.05) is 43.3 Å². The van der Waals surface area contributed by atoms with Gasteiger partial charge in [0.05, 0.1) is 5.69 Å². The molecular formula is C24H23NO2. The van der Waals surface area contributed by atoms with Gasteiger partial charge in [-0.2, -0.15) is 0 Å². The van der Waals surface area contributed by atoms with Gasteiger partial charge in [-0.3, -0.25) is 9.59 Å². The summed E-state index contributed by atoms with van der Waals surface area (Å²) in [6, 6.07) is 14.7. The molecule has 3 nitrogen and oxygen atoms in total. The van der Waals surface area contributed by atoms with Crippen LogP contribution in [0.5, 0.6) is 0 Å². The Kier molecular flexibility index (Phi) is 3.78. The molecule has 3 heteroatoms. The van der Waals surface area contributed by atoms with Crippen LogP contribution in [0.25, 0.3) is 10.8 Å². The second-order valence-corrected chi connectivity index (χ2v) is 7.83. The Morgan fingerprint density at radius 3 is 2.04 bits per heavy atom. The number of carbonyl (C=O) groups excluding carboxylic acids is 2. The summed E-state index contributed by atoms with van der Waals surface area (Å²) >= 11 is 0. The summed E-state index contributed by atoms with van der Waals surface area (Å²) in [6.45, 7) is 2.05. The molecule has 0 amide bonds. The molecule has 2 aliphatic carbocycles. The maximum Gasteiger partial charge on any atom is 0.161 e. The van der Waals surface area contributed by atoms with Crippen molar-refractivity contribution in [2.75, 3.05) is 4.90 Å². The molecule has 2 aromatic carbocycles. The Morgan fingerprint density at radius 2 is 1.37 bits per heavy atom. The molecule has 0 fully saturated rings. The van der Waals surface area contributed by atoms with E-state index >= 15 is 0 Å². The van der Waals surface area contributed by atoms with Gasteiger partial charge in [0.2, 0.25) is 0 Å². The van der Waals surface area contributed by atoms with Crippen LogP contribution in [0.1, 0.15) is 45.4 Å². The van der Waals surface area contributed by atoms with Crippen LogP contribution < -0.4 is 4.90 Å². The fourth-order valence-electron chi connectivity index (χ4n) is 5.14. The fraction of sp³-hybridized carbons (Fsp3) is 0.333. The van der Waals surface area contributed by atoms with E-state index in [9.17, 15) is 9.59 Å². The van der Waals surface area contributed by atoms with Gasteiger partial charge < -0.3 is 4.90 Å². The van der Waals surface area contributed by atoms with Crippen molar-refractivity contribution in [2.45, 2.75) is 45.4 Å². The summed E-state index contributed by atoms with van der Waals surface area (Å²) in [5, 5.41) is 2.35. The topological polar surface area (TPSA) is 37.4 Å². The molecule has 27 heavy (non-hydrogen) atoms. The fourth-order valence-corrected chi connectivity index (χ4v) is 5.14. The Bertz CT molecular complexity index is 994. The van der Waals surface area contributed by atoms with Crippen LogP contribution >= 0.6 is 0 Å². The molecule has 136 valence electrons. The largest absolute Gasteiger partial charge is 0.316 e. The lowest BCUT2D eigenvalue weighted by atomic mass is 9.74. The zero-order chi connectivity index (χ0) is 18.5. The summed E-state index contributed by atoms with van der Waals surface area (Å²) in [6.07, 6.45) is 4.79. The second-order valence-electron chi connectivity index (χ2n) is 7.83. The predicted molar refractivity (Wildman–Crippen MR) is 107 cm³/mol. The first-order chi connectivity index (χ1) is 13.2. The van der Waals surface area contributed by atoms with Gasteiger partial charge in [-0.05, 0) is 37.1 Å². The average molecular weight is 357 g/mol. The average Bonchev–Trinajstić information content (AvgIpc) is 2.68. The number of fused-ring (bicyclic) bond motifs is 1. The van der Waals surface area contributed by atoms with E-state index in [4.69, 9.17) is 0 Å². The summed E-state index contributed by atoms with van der Waals surface area (Å²) in [5.74, 6) is 0.375. The third-order valence-corrected chi connectivity index (χ3v) is 6.27. The van der Waals surface area contributed by atoms with E-state index in [1.165, 1.54) is 10.8 Å². The lowest BCUT2D eigenvalue weighted by Gasteiger charge is -2.43. The quantitative estimate of drug-likeness (QED) is 0.694. The van der Waals surface area contributed by atoms with E-state index in [2.05, 4.69) is 48.2 Å². The molecular weight excluding hydrogens is 334 g/mol. The number of hydrogen-bond donors (Lipinski definition) is 0. The summed E-state index contributed by atoms with van der Waals surface area (Å²) in [7, 11) is 0. The molecule has 0 saturated carbocycles. The minimum Gasteiger partial charge on any atom is -0.316 e.